The van der Waals surface area contributed by atoms with E-state index in [1.165, 1.54) is 0 Å². The van der Waals surface area contributed by atoms with E-state index in [4.69, 9.17) is 0 Å². The van der Waals surface area contributed by atoms with Crippen LogP contribution in [0.5, 0.6) is 0 Å². The van der Waals surface area contributed by atoms with Gasteiger partial charge in [-0.25, -0.2) is 0 Å². The summed E-state index contributed by atoms with van der Waals surface area (Å²) in [5.74, 6) is 0. The van der Waals surface area contributed by atoms with E-state index in [0.717, 1.165) is 0 Å². The normalized spacial score (nSPS) is 39.5. The van der Waals surface area contributed by atoms with Crippen molar-refractivity contribution in [1.82, 2.24) is 10.6 Å². The van der Waals surface area contributed by atoms with Gasteiger partial charge in [-0.15, -0.1) is 0 Å². The Kier molecular flexibility index (Phi) is 2.26. The van der Waals surface area contributed by atoms with Crippen molar-refractivity contribution >= 4 is 0 Å². The summed E-state index contributed by atoms with van der Waals surface area (Å²) in [5, 5.41) is 7.27. The molecule has 2 N–H and O–H groups in total. The van der Waals surface area contributed by atoms with Gasteiger partial charge in [-0.2, -0.15) is 0 Å². The van der Waals surface area contributed by atoms with E-state index in [9.17, 15) is 0 Å². The summed E-state index contributed by atoms with van der Waals surface area (Å²) in [6.45, 7) is 13.5. The topological polar surface area (TPSA) is 24.1 Å². The highest BCUT2D eigenvalue weighted by Gasteiger charge is 2.40. The molecule has 2 nitrogen and oxygen atoms in total. The van der Waals surface area contributed by atoms with Gasteiger partial charge in [-0.05, 0) is 41.5 Å². The number of nitrogens with one attached hydrogen (secondary N) is 2. The minimum Gasteiger partial charge on any atom is -0.306 e. The second kappa shape index (κ2) is 2.71. The Morgan fingerprint density at radius 3 is 1.25 bits per heavy atom. The van der Waals surface area contributed by atoms with Gasteiger partial charge in [0.05, 0.1) is 0 Å². The predicted octanol–water partition coefficient (Wildman–Crippen LogP) is 1.51. The van der Waals surface area contributed by atoms with Crippen LogP contribution in [0.3, 0.4) is 0 Å². The fraction of sp³-hybridized carbons (Fsp3) is 1.00. The zero-order valence-corrected chi connectivity index (χ0v) is 9.15. The van der Waals surface area contributed by atoms with Crippen LogP contribution in [-0.4, -0.2) is 23.2 Å². The molecule has 0 aromatic heterocycles. The van der Waals surface area contributed by atoms with Gasteiger partial charge in [0.1, 0.15) is 0 Å². The van der Waals surface area contributed by atoms with Crippen LogP contribution in [-0.2, 0) is 0 Å². The summed E-state index contributed by atoms with van der Waals surface area (Å²) in [7, 11) is 0. The van der Waals surface area contributed by atoms with Gasteiger partial charge in [-0.1, -0.05) is 0 Å². The lowest BCUT2D eigenvalue weighted by atomic mass is 9.83. The van der Waals surface area contributed by atoms with Crippen LogP contribution < -0.4 is 10.6 Å². The van der Waals surface area contributed by atoms with Crippen molar-refractivity contribution in [2.75, 3.05) is 0 Å². The third-order valence-electron chi connectivity index (χ3n) is 3.34. The van der Waals surface area contributed by atoms with E-state index < -0.39 is 0 Å². The number of rotatable bonds is 0. The van der Waals surface area contributed by atoms with Gasteiger partial charge in [0, 0.05) is 23.2 Å². The van der Waals surface area contributed by atoms with Gasteiger partial charge in [0.2, 0.25) is 0 Å². The Balaban J connectivity index is 2.76. The molecule has 1 aliphatic rings. The van der Waals surface area contributed by atoms with Crippen molar-refractivity contribution in [2.45, 2.75) is 64.7 Å². The average Bonchev–Trinajstić information content (AvgIpc) is 1.82. The Hall–Kier alpha value is -0.0800. The van der Waals surface area contributed by atoms with E-state index >= 15 is 0 Å². The smallest absolute Gasteiger partial charge is 0.0278 e. The highest BCUT2D eigenvalue weighted by molar-refractivity contribution is 5.04. The molecule has 2 atom stereocenters. The fourth-order valence-electron chi connectivity index (χ4n) is 1.73. The third-order valence-corrected chi connectivity index (χ3v) is 3.34. The maximum absolute atomic E-state index is 3.63. The first-order chi connectivity index (χ1) is 5.26. The van der Waals surface area contributed by atoms with E-state index in [0.29, 0.717) is 12.1 Å². The molecule has 1 saturated heterocycles. The minimum atomic E-state index is 0.203. The molecule has 1 fully saturated rings. The summed E-state index contributed by atoms with van der Waals surface area (Å²) in [4.78, 5) is 0. The van der Waals surface area contributed by atoms with Gasteiger partial charge in [0.25, 0.3) is 0 Å². The minimum absolute atomic E-state index is 0.203. The van der Waals surface area contributed by atoms with Gasteiger partial charge in [-0.3, -0.25) is 0 Å². The Bertz CT molecular complexity index is 153. The summed E-state index contributed by atoms with van der Waals surface area (Å²) >= 11 is 0. The first-order valence-electron chi connectivity index (χ1n) is 4.81. The SMILES string of the molecule is C[C@H]1NC(C)(C)[C@@H](C)NC1(C)C. The molecular weight excluding hydrogens is 148 g/mol. The molecule has 2 heteroatoms. The van der Waals surface area contributed by atoms with E-state index in [1.807, 2.05) is 0 Å². The lowest BCUT2D eigenvalue weighted by Gasteiger charge is -2.51. The summed E-state index contributed by atoms with van der Waals surface area (Å²) in [5.41, 5.74) is 0.407. The highest BCUT2D eigenvalue weighted by Crippen LogP contribution is 2.23. The second-order valence-corrected chi connectivity index (χ2v) is 5.18. The van der Waals surface area contributed by atoms with Crippen molar-refractivity contribution in [1.29, 1.82) is 0 Å². The molecule has 0 saturated carbocycles. The van der Waals surface area contributed by atoms with Gasteiger partial charge < -0.3 is 10.6 Å². The highest BCUT2D eigenvalue weighted by atomic mass is 15.2. The van der Waals surface area contributed by atoms with Crippen LogP contribution in [0.25, 0.3) is 0 Å². The molecule has 0 spiro atoms. The molecule has 1 heterocycles. The molecule has 0 unspecified atom stereocenters. The van der Waals surface area contributed by atoms with Gasteiger partial charge in [0.15, 0.2) is 0 Å². The molecule has 0 amide bonds. The molecule has 0 bridgehead atoms. The Morgan fingerprint density at radius 2 is 1.00 bits per heavy atom. The van der Waals surface area contributed by atoms with Crippen LogP contribution in [0.4, 0.5) is 0 Å². The fourth-order valence-corrected chi connectivity index (χ4v) is 1.73. The van der Waals surface area contributed by atoms with Crippen LogP contribution in [0.1, 0.15) is 41.5 Å². The van der Waals surface area contributed by atoms with Crippen LogP contribution >= 0.6 is 0 Å². The zero-order chi connectivity index (χ0) is 9.57. The number of hydrogen-bond acceptors (Lipinski definition) is 2. The molecule has 0 radical (unpaired) electrons. The summed E-state index contributed by atoms with van der Waals surface area (Å²) in [6, 6.07) is 1.03. The molecule has 0 aromatic rings. The quantitative estimate of drug-likeness (QED) is 0.576. The van der Waals surface area contributed by atoms with E-state index in [1.54, 1.807) is 0 Å². The average molecular weight is 170 g/mol. The summed E-state index contributed by atoms with van der Waals surface area (Å²) in [6.07, 6.45) is 0. The first kappa shape index (κ1) is 10.0. The molecule has 1 rings (SSSR count). The van der Waals surface area contributed by atoms with Crippen LogP contribution in [0.2, 0.25) is 0 Å². The van der Waals surface area contributed by atoms with Crippen molar-refractivity contribution in [3.05, 3.63) is 0 Å². The molecule has 0 aliphatic carbocycles. The molecular formula is C10H22N2. The molecule has 72 valence electrons. The first-order valence-corrected chi connectivity index (χ1v) is 4.81. The number of piperazine rings is 1. The Labute approximate surface area is 76.1 Å². The van der Waals surface area contributed by atoms with Crippen LogP contribution in [0.15, 0.2) is 0 Å². The van der Waals surface area contributed by atoms with E-state index in [2.05, 4.69) is 52.2 Å². The lowest BCUT2D eigenvalue weighted by Crippen LogP contribution is -2.73. The van der Waals surface area contributed by atoms with Crippen molar-refractivity contribution in [2.24, 2.45) is 0 Å². The van der Waals surface area contributed by atoms with E-state index in [-0.39, 0.29) is 11.1 Å². The third kappa shape index (κ3) is 1.64. The van der Waals surface area contributed by atoms with Crippen molar-refractivity contribution < 1.29 is 0 Å². The second-order valence-electron chi connectivity index (χ2n) is 5.18. The summed E-state index contributed by atoms with van der Waals surface area (Å²) < 4.78 is 0. The van der Waals surface area contributed by atoms with Gasteiger partial charge >= 0.3 is 0 Å². The van der Waals surface area contributed by atoms with Crippen molar-refractivity contribution in [3.63, 3.8) is 0 Å². The largest absolute Gasteiger partial charge is 0.306 e. The van der Waals surface area contributed by atoms with Crippen molar-refractivity contribution in [3.8, 4) is 0 Å². The maximum Gasteiger partial charge on any atom is 0.0278 e. The predicted molar refractivity (Wildman–Crippen MR) is 53.4 cm³/mol. The Morgan fingerprint density at radius 1 is 0.750 bits per heavy atom. The molecule has 12 heavy (non-hydrogen) atoms. The standard InChI is InChI=1S/C10H22N2/c1-7-9(3,4)12-8(2)10(5,6)11-7/h7-8,11-12H,1-6H3/t7-,8-/m1/s1. The molecule has 0 aromatic carbocycles. The zero-order valence-electron chi connectivity index (χ0n) is 9.15. The monoisotopic (exact) mass is 170 g/mol. The maximum atomic E-state index is 3.63. The molecule has 1 aliphatic heterocycles. The number of hydrogen-bond donors (Lipinski definition) is 2. The van der Waals surface area contributed by atoms with Crippen LogP contribution in [0, 0.1) is 0 Å². The lowest BCUT2D eigenvalue weighted by molar-refractivity contribution is 0.117.